The molecule has 0 aromatic heterocycles. The number of phenols is 1. The van der Waals surface area contributed by atoms with E-state index in [1.165, 1.54) is 0 Å². The van der Waals surface area contributed by atoms with Crippen molar-refractivity contribution >= 4 is 0 Å². The van der Waals surface area contributed by atoms with Crippen LogP contribution in [0, 0.1) is 29.9 Å². The predicted octanol–water partition coefficient (Wildman–Crippen LogP) is 2.42. The van der Waals surface area contributed by atoms with Crippen molar-refractivity contribution in [2.24, 2.45) is 5.92 Å². The number of halogens is 2. The Kier molecular flexibility index (Phi) is 4.47. The van der Waals surface area contributed by atoms with Gasteiger partial charge in [0.05, 0.1) is 6.04 Å². The molecule has 0 aliphatic carbocycles. The van der Waals surface area contributed by atoms with E-state index in [-0.39, 0.29) is 18.5 Å². The van der Waals surface area contributed by atoms with Crippen molar-refractivity contribution in [1.82, 2.24) is 5.32 Å². The number of hydrogen-bond donors (Lipinski definition) is 2. The SMILES string of the molecule is C#CC(NCc1cc(F)c(O)c(F)c1)C(C)C. The number of aromatic hydroxyl groups is 1. The maximum atomic E-state index is 13.0. The minimum absolute atomic E-state index is 0.157. The molecule has 0 saturated heterocycles. The van der Waals surface area contributed by atoms with Crippen LogP contribution in [0.15, 0.2) is 12.1 Å². The number of terminal acetylenes is 1. The molecular formula is C13H15F2NO. The van der Waals surface area contributed by atoms with Crippen molar-refractivity contribution in [3.8, 4) is 18.1 Å². The summed E-state index contributed by atoms with van der Waals surface area (Å²) >= 11 is 0. The number of benzene rings is 1. The van der Waals surface area contributed by atoms with E-state index in [0.717, 1.165) is 12.1 Å². The number of rotatable bonds is 4. The fourth-order valence-corrected chi connectivity index (χ4v) is 1.43. The van der Waals surface area contributed by atoms with Crippen molar-refractivity contribution in [1.29, 1.82) is 0 Å². The molecule has 1 rings (SSSR count). The molecule has 0 aliphatic heterocycles. The zero-order valence-electron chi connectivity index (χ0n) is 9.80. The summed E-state index contributed by atoms with van der Waals surface area (Å²) in [5.41, 5.74) is 0.402. The van der Waals surface area contributed by atoms with Gasteiger partial charge in [0.1, 0.15) is 0 Å². The molecule has 0 saturated carbocycles. The Morgan fingerprint density at radius 2 is 1.88 bits per heavy atom. The van der Waals surface area contributed by atoms with Crippen LogP contribution in [-0.4, -0.2) is 11.1 Å². The first-order valence-electron chi connectivity index (χ1n) is 5.32. The second-order valence-corrected chi connectivity index (χ2v) is 4.18. The van der Waals surface area contributed by atoms with Gasteiger partial charge in [-0.3, -0.25) is 5.32 Å². The minimum atomic E-state index is -0.969. The third-order valence-corrected chi connectivity index (χ3v) is 2.45. The molecule has 1 unspecified atom stereocenters. The Bertz CT molecular complexity index is 415. The zero-order chi connectivity index (χ0) is 13.0. The number of hydrogen-bond acceptors (Lipinski definition) is 2. The van der Waals surface area contributed by atoms with Gasteiger partial charge in [0.15, 0.2) is 17.4 Å². The lowest BCUT2D eigenvalue weighted by Crippen LogP contribution is -2.31. The lowest BCUT2D eigenvalue weighted by Gasteiger charge is -2.16. The highest BCUT2D eigenvalue weighted by Gasteiger charge is 2.12. The summed E-state index contributed by atoms with van der Waals surface area (Å²) in [6, 6.07) is 2.01. The molecule has 0 aliphatic rings. The van der Waals surface area contributed by atoms with Crippen molar-refractivity contribution in [2.75, 3.05) is 0 Å². The highest BCUT2D eigenvalue weighted by Crippen LogP contribution is 2.21. The molecule has 0 spiro atoms. The van der Waals surface area contributed by atoms with E-state index in [1.807, 2.05) is 13.8 Å². The predicted molar refractivity (Wildman–Crippen MR) is 62.3 cm³/mol. The Balaban J connectivity index is 2.74. The lowest BCUT2D eigenvalue weighted by molar-refractivity contribution is 0.394. The van der Waals surface area contributed by atoms with Crippen molar-refractivity contribution in [2.45, 2.75) is 26.4 Å². The van der Waals surface area contributed by atoms with Gasteiger partial charge in [-0.25, -0.2) is 8.78 Å². The Labute approximate surface area is 99.7 Å². The molecule has 2 nitrogen and oxygen atoms in total. The number of nitrogens with one attached hydrogen (secondary N) is 1. The average Bonchev–Trinajstić information content (AvgIpc) is 2.26. The van der Waals surface area contributed by atoms with E-state index in [0.29, 0.717) is 5.56 Å². The standard InChI is InChI=1S/C13H15F2NO/c1-4-12(8(2)3)16-7-9-5-10(14)13(17)11(15)6-9/h1,5-6,8,12,16-17H,7H2,2-3H3. The van der Waals surface area contributed by atoms with Gasteiger partial charge in [-0.15, -0.1) is 6.42 Å². The summed E-state index contributed by atoms with van der Waals surface area (Å²) in [7, 11) is 0. The maximum Gasteiger partial charge on any atom is 0.187 e. The first-order valence-corrected chi connectivity index (χ1v) is 5.32. The Hall–Kier alpha value is -1.60. The summed E-state index contributed by atoms with van der Waals surface area (Å²) in [4.78, 5) is 0. The van der Waals surface area contributed by atoms with Crippen LogP contribution in [0.25, 0.3) is 0 Å². The summed E-state index contributed by atoms with van der Waals surface area (Å²) in [6.45, 7) is 4.16. The van der Waals surface area contributed by atoms with Gasteiger partial charge < -0.3 is 5.11 Å². The summed E-state index contributed by atoms with van der Waals surface area (Å²) in [5.74, 6) is -0.0976. The molecule has 0 bridgehead atoms. The molecule has 1 atom stereocenters. The van der Waals surface area contributed by atoms with Gasteiger partial charge in [-0.05, 0) is 23.6 Å². The lowest BCUT2D eigenvalue weighted by atomic mass is 10.0. The molecule has 1 aromatic rings. The van der Waals surface area contributed by atoms with Crippen LogP contribution in [0.2, 0.25) is 0 Å². The van der Waals surface area contributed by atoms with Gasteiger partial charge in [0, 0.05) is 6.54 Å². The third kappa shape index (κ3) is 3.43. The Morgan fingerprint density at radius 1 is 1.35 bits per heavy atom. The highest BCUT2D eigenvalue weighted by atomic mass is 19.1. The zero-order valence-corrected chi connectivity index (χ0v) is 9.80. The van der Waals surface area contributed by atoms with Gasteiger partial charge in [0.2, 0.25) is 0 Å². The second-order valence-electron chi connectivity index (χ2n) is 4.18. The molecule has 4 heteroatoms. The second kappa shape index (κ2) is 5.65. The van der Waals surface area contributed by atoms with Crippen LogP contribution in [0.4, 0.5) is 8.78 Å². The fraction of sp³-hybridized carbons (Fsp3) is 0.385. The van der Waals surface area contributed by atoms with Crippen LogP contribution in [0.1, 0.15) is 19.4 Å². The summed E-state index contributed by atoms with van der Waals surface area (Å²) in [5, 5.41) is 11.9. The monoisotopic (exact) mass is 239 g/mol. The molecule has 0 radical (unpaired) electrons. The molecular weight excluding hydrogens is 224 g/mol. The van der Waals surface area contributed by atoms with Crippen LogP contribution in [0.3, 0.4) is 0 Å². The van der Waals surface area contributed by atoms with Crippen LogP contribution in [-0.2, 0) is 6.54 Å². The van der Waals surface area contributed by atoms with E-state index in [9.17, 15) is 8.78 Å². The quantitative estimate of drug-likeness (QED) is 0.791. The van der Waals surface area contributed by atoms with Crippen molar-refractivity contribution in [3.05, 3.63) is 29.3 Å². The van der Waals surface area contributed by atoms with Gasteiger partial charge in [-0.2, -0.15) is 0 Å². The van der Waals surface area contributed by atoms with E-state index >= 15 is 0 Å². The molecule has 0 fully saturated rings. The molecule has 2 N–H and O–H groups in total. The molecule has 1 aromatic carbocycles. The molecule has 0 amide bonds. The highest BCUT2D eigenvalue weighted by molar-refractivity contribution is 5.30. The van der Waals surface area contributed by atoms with Crippen LogP contribution in [0.5, 0.6) is 5.75 Å². The fourth-order valence-electron chi connectivity index (χ4n) is 1.43. The molecule has 17 heavy (non-hydrogen) atoms. The topological polar surface area (TPSA) is 32.3 Å². The maximum absolute atomic E-state index is 13.0. The third-order valence-electron chi connectivity index (χ3n) is 2.45. The Morgan fingerprint density at radius 3 is 2.29 bits per heavy atom. The van der Waals surface area contributed by atoms with E-state index in [1.54, 1.807) is 0 Å². The van der Waals surface area contributed by atoms with Gasteiger partial charge >= 0.3 is 0 Å². The van der Waals surface area contributed by atoms with Crippen LogP contribution < -0.4 is 5.32 Å². The largest absolute Gasteiger partial charge is 0.503 e. The number of phenolic OH excluding ortho intramolecular Hbond substituents is 1. The van der Waals surface area contributed by atoms with E-state index in [4.69, 9.17) is 11.5 Å². The van der Waals surface area contributed by atoms with Crippen molar-refractivity contribution in [3.63, 3.8) is 0 Å². The normalized spacial score (nSPS) is 12.5. The van der Waals surface area contributed by atoms with Crippen LogP contribution >= 0.6 is 0 Å². The van der Waals surface area contributed by atoms with Gasteiger partial charge in [-0.1, -0.05) is 19.8 Å². The molecule has 0 heterocycles. The first kappa shape index (κ1) is 13.5. The van der Waals surface area contributed by atoms with E-state index in [2.05, 4.69) is 11.2 Å². The average molecular weight is 239 g/mol. The van der Waals surface area contributed by atoms with Gasteiger partial charge in [0.25, 0.3) is 0 Å². The summed E-state index contributed by atoms with van der Waals surface area (Å²) < 4.78 is 26.1. The minimum Gasteiger partial charge on any atom is -0.503 e. The van der Waals surface area contributed by atoms with Crippen molar-refractivity contribution < 1.29 is 13.9 Å². The smallest absolute Gasteiger partial charge is 0.187 e. The van der Waals surface area contributed by atoms with E-state index < -0.39 is 17.4 Å². The molecule has 92 valence electrons. The summed E-state index contributed by atoms with van der Waals surface area (Å²) in [6.07, 6.45) is 5.32. The first-order chi connectivity index (χ1) is 7.95.